The van der Waals surface area contributed by atoms with Crippen LogP contribution in [0.3, 0.4) is 0 Å². The number of fused-ring (bicyclic) bond motifs is 10. The van der Waals surface area contributed by atoms with Crippen molar-refractivity contribution in [1.29, 1.82) is 0 Å². The van der Waals surface area contributed by atoms with Crippen molar-refractivity contribution in [3.63, 3.8) is 0 Å². The summed E-state index contributed by atoms with van der Waals surface area (Å²) in [5.41, 5.74) is 6.15. The van der Waals surface area contributed by atoms with Crippen molar-refractivity contribution in [1.82, 2.24) is 4.57 Å². The zero-order valence-corrected chi connectivity index (χ0v) is 22.4. The third kappa shape index (κ3) is 3.30. The van der Waals surface area contributed by atoms with Gasteiger partial charge in [0.15, 0.2) is 0 Å². The van der Waals surface area contributed by atoms with Gasteiger partial charge in [-0.05, 0) is 96.7 Å². The molecule has 0 saturated heterocycles. The van der Waals surface area contributed by atoms with Crippen LogP contribution in [0.15, 0.2) is 152 Å². The molecule has 0 radical (unpaired) electrons. The van der Waals surface area contributed by atoms with E-state index in [0.717, 1.165) is 0 Å². The fraction of sp³-hybridized carbons (Fsp3) is 0. The lowest BCUT2D eigenvalue weighted by atomic mass is 9.91. The van der Waals surface area contributed by atoms with Crippen molar-refractivity contribution < 1.29 is 0 Å². The van der Waals surface area contributed by atoms with Crippen LogP contribution in [0.5, 0.6) is 0 Å². The summed E-state index contributed by atoms with van der Waals surface area (Å²) in [6, 6.07) is 55.6. The van der Waals surface area contributed by atoms with Crippen molar-refractivity contribution in [2.45, 2.75) is 0 Å². The lowest BCUT2D eigenvalue weighted by molar-refractivity contribution is 1.18. The highest BCUT2D eigenvalue weighted by Gasteiger charge is 2.16. The first-order valence-electron chi connectivity index (χ1n) is 14.2. The highest BCUT2D eigenvalue weighted by molar-refractivity contribution is 6.29. The number of aromatic nitrogens is 1. The molecule has 1 aromatic heterocycles. The van der Waals surface area contributed by atoms with E-state index in [1.54, 1.807) is 0 Å². The molecule has 1 heterocycles. The summed E-state index contributed by atoms with van der Waals surface area (Å²) >= 11 is 0. The van der Waals surface area contributed by atoms with Gasteiger partial charge in [0.2, 0.25) is 0 Å². The van der Waals surface area contributed by atoms with E-state index in [0.29, 0.717) is 0 Å². The van der Waals surface area contributed by atoms with Gasteiger partial charge in [-0.1, -0.05) is 109 Å². The van der Waals surface area contributed by atoms with E-state index >= 15 is 0 Å². The van der Waals surface area contributed by atoms with Gasteiger partial charge >= 0.3 is 0 Å². The van der Waals surface area contributed by atoms with Crippen LogP contribution in [-0.4, -0.2) is 4.57 Å². The Kier molecular flexibility index (Phi) is 4.67. The van der Waals surface area contributed by atoms with E-state index in [4.69, 9.17) is 0 Å². The Balaban J connectivity index is 1.39. The molecule has 0 aliphatic rings. The fourth-order valence-corrected chi connectivity index (χ4v) is 6.82. The van der Waals surface area contributed by atoms with E-state index in [1.165, 1.54) is 81.7 Å². The first kappa shape index (κ1) is 22.4. The molecular weight excluding hydrogens is 494 g/mol. The number of rotatable bonds is 2. The molecule has 0 fully saturated rings. The molecule has 0 unspecified atom stereocenters. The predicted octanol–water partition coefficient (Wildman–Crippen LogP) is 11.1. The minimum Gasteiger partial charge on any atom is -0.309 e. The number of benzene rings is 8. The van der Waals surface area contributed by atoms with Gasteiger partial charge in [0.05, 0.1) is 11.0 Å². The molecule has 0 spiro atoms. The fourth-order valence-electron chi connectivity index (χ4n) is 6.82. The van der Waals surface area contributed by atoms with E-state index in [-0.39, 0.29) is 0 Å². The molecule has 1 heteroatoms. The van der Waals surface area contributed by atoms with Crippen LogP contribution in [0.2, 0.25) is 0 Å². The van der Waals surface area contributed by atoms with Gasteiger partial charge in [0.1, 0.15) is 0 Å². The van der Waals surface area contributed by atoms with Crippen molar-refractivity contribution in [2.24, 2.45) is 0 Å². The third-order valence-electron chi connectivity index (χ3n) is 8.73. The van der Waals surface area contributed by atoms with Gasteiger partial charge in [-0.25, -0.2) is 0 Å². The van der Waals surface area contributed by atoms with Gasteiger partial charge in [-0.2, -0.15) is 0 Å². The zero-order chi connectivity index (χ0) is 26.9. The van der Waals surface area contributed by atoms with Crippen molar-refractivity contribution in [3.05, 3.63) is 152 Å². The number of hydrogen-bond acceptors (Lipinski definition) is 0. The molecule has 0 aliphatic heterocycles. The summed E-state index contributed by atoms with van der Waals surface area (Å²) in [4.78, 5) is 0. The molecule has 0 atom stereocenters. The average Bonchev–Trinajstić information content (AvgIpc) is 3.37. The Hall–Kier alpha value is -5.40. The summed E-state index contributed by atoms with van der Waals surface area (Å²) < 4.78 is 2.41. The molecule has 0 saturated carbocycles. The number of nitrogens with zero attached hydrogens (tertiary/aromatic N) is 1. The first-order valence-corrected chi connectivity index (χ1v) is 14.2. The number of para-hydroxylation sites is 2. The number of hydrogen-bond donors (Lipinski definition) is 0. The summed E-state index contributed by atoms with van der Waals surface area (Å²) in [5, 5.41) is 12.9. The Bertz CT molecular complexity index is 2460. The van der Waals surface area contributed by atoms with Gasteiger partial charge in [-0.15, -0.1) is 0 Å². The van der Waals surface area contributed by atoms with Crippen LogP contribution in [0.1, 0.15) is 0 Å². The molecule has 9 rings (SSSR count). The second-order valence-electron chi connectivity index (χ2n) is 11.0. The van der Waals surface area contributed by atoms with Gasteiger partial charge in [-0.3, -0.25) is 0 Å². The topological polar surface area (TPSA) is 4.93 Å². The predicted molar refractivity (Wildman–Crippen MR) is 176 cm³/mol. The molecule has 9 aromatic rings. The molecule has 0 amide bonds. The Morgan fingerprint density at radius 2 is 0.878 bits per heavy atom. The summed E-state index contributed by atoms with van der Waals surface area (Å²) in [6.07, 6.45) is 0. The third-order valence-corrected chi connectivity index (χ3v) is 8.73. The van der Waals surface area contributed by atoms with Crippen molar-refractivity contribution in [3.8, 4) is 16.8 Å². The lowest BCUT2D eigenvalue weighted by Gasteiger charge is -2.14. The Morgan fingerprint density at radius 3 is 1.71 bits per heavy atom. The molecule has 0 aliphatic carbocycles. The van der Waals surface area contributed by atoms with E-state index in [9.17, 15) is 0 Å². The van der Waals surface area contributed by atoms with Crippen LogP contribution in [0, 0.1) is 0 Å². The van der Waals surface area contributed by atoms with Crippen LogP contribution < -0.4 is 0 Å². The highest BCUT2D eigenvalue weighted by Crippen LogP contribution is 2.42. The van der Waals surface area contributed by atoms with Crippen molar-refractivity contribution in [2.75, 3.05) is 0 Å². The minimum atomic E-state index is 1.18. The summed E-state index contributed by atoms with van der Waals surface area (Å²) in [6.45, 7) is 0. The normalized spacial score (nSPS) is 11.9. The molecule has 190 valence electrons. The van der Waals surface area contributed by atoms with Crippen molar-refractivity contribution >= 4 is 64.9 Å². The van der Waals surface area contributed by atoms with Crippen LogP contribution in [0.4, 0.5) is 0 Å². The van der Waals surface area contributed by atoms with E-state index < -0.39 is 0 Å². The van der Waals surface area contributed by atoms with E-state index in [2.05, 4.69) is 156 Å². The van der Waals surface area contributed by atoms with Crippen LogP contribution in [-0.2, 0) is 0 Å². The Labute approximate surface area is 237 Å². The molecule has 0 bridgehead atoms. The summed E-state index contributed by atoms with van der Waals surface area (Å²) in [5.74, 6) is 0. The van der Waals surface area contributed by atoms with E-state index in [1.807, 2.05) is 0 Å². The quantitative estimate of drug-likeness (QED) is 0.200. The lowest BCUT2D eigenvalue weighted by Crippen LogP contribution is -1.93. The Morgan fingerprint density at radius 1 is 0.293 bits per heavy atom. The second-order valence-corrected chi connectivity index (χ2v) is 11.0. The molecular formula is C40H25N. The summed E-state index contributed by atoms with van der Waals surface area (Å²) in [7, 11) is 0. The van der Waals surface area contributed by atoms with Crippen LogP contribution >= 0.6 is 0 Å². The van der Waals surface area contributed by atoms with Gasteiger partial charge < -0.3 is 4.57 Å². The maximum absolute atomic E-state index is 2.43. The maximum Gasteiger partial charge on any atom is 0.0547 e. The standard InChI is InChI=1S/C40H25N/c1-2-12-30(13-3-1)41-39-17-9-8-16-34(39)38-24-36-33-21-20-29(28-19-18-26-10-4-5-11-27(26)22-28)23-35(33)31-14-6-7-15-32(31)37(36)25-40(38)41/h1-25H. The second kappa shape index (κ2) is 8.55. The smallest absolute Gasteiger partial charge is 0.0547 e. The van der Waals surface area contributed by atoms with Gasteiger partial charge in [0.25, 0.3) is 0 Å². The van der Waals surface area contributed by atoms with Gasteiger partial charge in [0, 0.05) is 16.5 Å². The monoisotopic (exact) mass is 519 g/mol. The SMILES string of the molecule is c1ccc(-n2c3ccccc3c3cc4c5ccc(-c6ccc7ccccc7c6)cc5c5ccccc5c4cc32)cc1. The highest BCUT2D eigenvalue weighted by atomic mass is 15.0. The molecule has 8 aromatic carbocycles. The maximum atomic E-state index is 2.43. The largest absolute Gasteiger partial charge is 0.309 e. The molecule has 41 heavy (non-hydrogen) atoms. The molecule has 1 nitrogen and oxygen atoms in total. The average molecular weight is 520 g/mol. The zero-order valence-electron chi connectivity index (χ0n) is 22.4. The first-order chi connectivity index (χ1) is 20.3. The minimum absolute atomic E-state index is 1.18. The molecule has 0 N–H and O–H groups in total. The van der Waals surface area contributed by atoms with Crippen LogP contribution in [0.25, 0.3) is 81.7 Å².